The maximum absolute atomic E-state index is 13.1. The van der Waals surface area contributed by atoms with Gasteiger partial charge in [0.1, 0.15) is 4.88 Å². The summed E-state index contributed by atoms with van der Waals surface area (Å²) in [6.45, 7) is 5.77. The van der Waals surface area contributed by atoms with Gasteiger partial charge in [-0.15, -0.1) is 11.3 Å². The minimum Gasteiger partial charge on any atom is -0.321 e. The summed E-state index contributed by atoms with van der Waals surface area (Å²) in [5, 5.41) is 11.7. The zero-order valence-electron chi connectivity index (χ0n) is 19.9. The van der Waals surface area contributed by atoms with Crippen LogP contribution in [0.1, 0.15) is 37.0 Å². The molecular formula is C28H23ClN4O2S. The molecule has 5 aromatic rings. The van der Waals surface area contributed by atoms with Gasteiger partial charge < -0.3 is 10.6 Å². The quantitative estimate of drug-likeness (QED) is 0.261. The van der Waals surface area contributed by atoms with E-state index in [0.717, 1.165) is 27.0 Å². The van der Waals surface area contributed by atoms with Crippen LogP contribution in [0.3, 0.4) is 0 Å². The molecule has 0 aliphatic rings. The molecule has 0 atom stereocenters. The summed E-state index contributed by atoms with van der Waals surface area (Å²) in [4.78, 5) is 26.5. The van der Waals surface area contributed by atoms with E-state index < -0.39 is 0 Å². The van der Waals surface area contributed by atoms with Gasteiger partial charge in [-0.1, -0.05) is 48.0 Å². The predicted molar refractivity (Wildman–Crippen MR) is 147 cm³/mol. The molecule has 8 heteroatoms. The molecule has 0 aliphatic carbocycles. The summed E-state index contributed by atoms with van der Waals surface area (Å²) in [6, 6.07) is 22.5. The number of halogens is 1. The molecule has 2 heterocycles. The fraction of sp³-hybridized carbons (Fsp3) is 0.107. The lowest BCUT2D eigenvalue weighted by Gasteiger charge is -2.09. The van der Waals surface area contributed by atoms with Crippen LogP contribution in [0.4, 0.5) is 11.4 Å². The van der Waals surface area contributed by atoms with Crippen molar-refractivity contribution >= 4 is 56.2 Å². The minimum atomic E-state index is -0.313. The van der Waals surface area contributed by atoms with Crippen molar-refractivity contribution in [3.8, 4) is 5.69 Å². The lowest BCUT2D eigenvalue weighted by Crippen LogP contribution is -2.15. The lowest BCUT2D eigenvalue weighted by molar-refractivity contribution is 0.101. The van der Waals surface area contributed by atoms with E-state index in [-0.39, 0.29) is 11.8 Å². The Morgan fingerprint density at radius 1 is 0.889 bits per heavy atom. The number of rotatable bonds is 5. The third kappa shape index (κ3) is 4.51. The summed E-state index contributed by atoms with van der Waals surface area (Å²) in [5.74, 6) is -0.604. The van der Waals surface area contributed by atoms with Crippen LogP contribution in [0.5, 0.6) is 0 Å². The number of aromatic nitrogens is 2. The van der Waals surface area contributed by atoms with Gasteiger partial charge >= 0.3 is 0 Å². The predicted octanol–water partition coefficient (Wildman–Crippen LogP) is 7.17. The van der Waals surface area contributed by atoms with Crippen LogP contribution in [-0.2, 0) is 0 Å². The van der Waals surface area contributed by atoms with E-state index in [1.165, 1.54) is 11.3 Å². The first-order chi connectivity index (χ1) is 17.3. The molecule has 0 saturated carbocycles. The van der Waals surface area contributed by atoms with Crippen molar-refractivity contribution in [3.63, 3.8) is 0 Å². The topological polar surface area (TPSA) is 76.0 Å². The van der Waals surface area contributed by atoms with Crippen molar-refractivity contribution in [2.75, 3.05) is 10.6 Å². The number of hydrogen-bond donors (Lipinski definition) is 2. The van der Waals surface area contributed by atoms with Gasteiger partial charge in [-0.2, -0.15) is 5.10 Å². The summed E-state index contributed by atoms with van der Waals surface area (Å²) >= 11 is 7.84. The van der Waals surface area contributed by atoms with E-state index in [1.54, 1.807) is 28.9 Å². The zero-order valence-corrected chi connectivity index (χ0v) is 21.5. The first-order valence-electron chi connectivity index (χ1n) is 11.3. The number of hydrogen-bond acceptors (Lipinski definition) is 4. The van der Waals surface area contributed by atoms with E-state index >= 15 is 0 Å². The second-order valence-electron chi connectivity index (χ2n) is 8.53. The number of fused-ring (bicyclic) bond motifs is 1. The number of nitrogens with zero attached hydrogens (tertiary/aromatic N) is 2. The SMILES string of the molecule is Cc1ccc2c(Cl)c(C(=O)Nc3cccc(C(=O)Nc4c(C)nn(-c5ccccc5)c4C)c3)sc2c1. The maximum Gasteiger partial charge on any atom is 0.267 e. The Hall–Kier alpha value is -3.94. The smallest absolute Gasteiger partial charge is 0.267 e. The fourth-order valence-corrected chi connectivity index (χ4v) is 5.58. The number of carbonyl (C=O) groups excluding carboxylic acids is 2. The molecule has 2 N–H and O–H groups in total. The van der Waals surface area contributed by atoms with Crippen LogP contribution in [0.2, 0.25) is 5.02 Å². The molecule has 180 valence electrons. The van der Waals surface area contributed by atoms with E-state index in [9.17, 15) is 9.59 Å². The van der Waals surface area contributed by atoms with E-state index in [0.29, 0.717) is 32.5 Å². The summed E-state index contributed by atoms with van der Waals surface area (Å²) in [5.41, 5.74) is 5.13. The molecule has 0 aliphatic heterocycles. The second-order valence-corrected chi connectivity index (χ2v) is 9.96. The van der Waals surface area contributed by atoms with Gasteiger partial charge in [0.15, 0.2) is 0 Å². The van der Waals surface area contributed by atoms with Gasteiger partial charge in [0.2, 0.25) is 0 Å². The highest BCUT2D eigenvalue weighted by atomic mass is 35.5. The second kappa shape index (κ2) is 9.60. The summed E-state index contributed by atoms with van der Waals surface area (Å²) in [6.07, 6.45) is 0. The number of para-hydroxylation sites is 1. The zero-order chi connectivity index (χ0) is 25.4. The van der Waals surface area contributed by atoms with Gasteiger partial charge in [0.05, 0.1) is 27.8 Å². The van der Waals surface area contributed by atoms with E-state index in [2.05, 4.69) is 15.7 Å². The van der Waals surface area contributed by atoms with Crippen molar-refractivity contribution in [2.24, 2.45) is 0 Å². The van der Waals surface area contributed by atoms with Crippen molar-refractivity contribution in [3.05, 3.63) is 105 Å². The average Bonchev–Trinajstić information content (AvgIpc) is 3.35. The molecule has 2 amide bonds. The molecule has 0 saturated heterocycles. The number of amides is 2. The largest absolute Gasteiger partial charge is 0.321 e. The number of carbonyl (C=O) groups is 2. The van der Waals surface area contributed by atoms with Gasteiger partial charge in [-0.3, -0.25) is 9.59 Å². The molecule has 0 radical (unpaired) electrons. The van der Waals surface area contributed by atoms with Crippen LogP contribution in [-0.4, -0.2) is 21.6 Å². The maximum atomic E-state index is 13.1. The third-order valence-corrected chi connectivity index (χ3v) is 7.56. The van der Waals surface area contributed by atoms with Crippen LogP contribution in [0.15, 0.2) is 72.8 Å². The van der Waals surface area contributed by atoms with Crippen LogP contribution < -0.4 is 10.6 Å². The Bertz CT molecular complexity index is 1620. The fourth-order valence-electron chi connectivity index (χ4n) is 4.07. The van der Waals surface area contributed by atoms with Gasteiger partial charge in [0.25, 0.3) is 11.8 Å². The molecule has 0 spiro atoms. The van der Waals surface area contributed by atoms with Crippen molar-refractivity contribution < 1.29 is 9.59 Å². The first kappa shape index (κ1) is 23.8. The molecule has 6 nitrogen and oxygen atoms in total. The van der Waals surface area contributed by atoms with Crippen LogP contribution >= 0.6 is 22.9 Å². The molecule has 2 aromatic heterocycles. The summed E-state index contributed by atoms with van der Waals surface area (Å²) < 4.78 is 2.76. The Kier molecular flexibility index (Phi) is 6.35. The number of thiophene rings is 1. The van der Waals surface area contributed by atoms with Crippen LogP contribution in [0.25, 0.3) is 15.8 Å². The molecular weight excluding hydrogens is 492 g/mol. The highest BCUT2D eigenvalue weighted by molar-refractivity contribution is 7.21. The van der Waals surface area contributed by atoms with Crippen molar-refractivity contribution in [2.45, 2.75) is 20.8 Å². The monoisotopic (exact) mass is 514 g/mol. The number of benzene rings is 3. The van der Waals surface area contributed by atoms with Crippen molar-refractivity contribution in [1.29, 1.82) is 0 Å². The Labute approximate surface area is 217 Å². The molecule has 3 aromatic carbocycles. The highest BCUT2D eigenvalue weighted by Gasteiger charge is 2.19. The van der Waals surface area contributed by atoms with Gasteiger partial charge in [0, 0.05) is 21.3 Å². The van der Waals surface area contributed by atoms with E-state index in [4.69, 9.17) is 11.6 Å². The minimum absolute atomic E-state index is 0.291. The average molecular weight is 515 g/mol. The molecule has 36 heavy (non-hydrogen) atoms. The Morgan fingerprint density at radius 2 is 1.67 bits per heavy atom. The Balaban J connectivity index is 1.36. The normalized spacial score (nSPS) is 11.0. The molecule has 0 fully saturated rings. The first-order valence-corrected chi connectivity index (χ1v) is 12.5. The van der Waals surface area contributed by atoms with Crippen molar-refractivity contribution in [1.82, 2.24) is 9.78 Å². The summed E-state index contributed by atoms with van der Waals surface area (Å²) in [7, 11) is 0. The number of anilines is 2. The van der Waals surface area contributed by atoms with Gasteiger partial charge in [-0.25, -0.2) is 4.68 Å². The highest BCUT2D eigenvalue weighted by Crippen LogP contribution is 2.36. The Morgan fingerprint density at radius 3 is 2.44 bits per heavy atom. The van der Waals surface area contributed by atoms with Crippen LogP contribution in [0, 0.1) is 20.8 Å². The van der Waals surface area contributed by atoms with E-state index in [1.807, 2.05) is 69.3 Å². The molecule has 5 rings (SSSR count). The van der Waals surface area contributed by atoms with Gasteiger partial charge in [-0.05, 0) is 62.7 Å². The lowest BCUT2D eigenvalue weighted by atomic mass is 10.1. The number of aryl methyl sites for hydroxylation is 2. The molecule has 0 unspecified atom stereocenters. The third-order valence-electron chi connectivity index (χ3n) is 5.90. The number of nitrogens with one attached hydrogen (secondary N) is 2. The molecule has 0 bridgehead atoms. The standard InChI is InChI=1S/C28H23ClN4O2S/c1-16-12-13-22-23(14-16)36-26(24(22)29)28(35)30-20-9-7-8-19(15-20)27(34)31-25-17(2)32-33(18(25)3)21-10-5-4-6-11-21/h4-15H,1-3H3,(H,30,35)(H,31,34).